The van der Waals surface area contributed by atoms with E-state index in [0.717, 1.165) is 0 Å². The number of benzene rings is 1. The summed E-state index contributed by atoms with van der Waals surface area (Å²) < 4.78 is 22.8. The molecule has 0 heterocycles. The molecule has 0 bridgehead atoms. The summed E-state index contributed by atoms with van der Waals surface area (Å²) in [7, 11) is -3.14. The molecule has 3 heteroatoms. The van der Waals surface area contributed by atoms with Crippen molar-refractivity contribution in [1.29, 1.82) is 0 Å². The van der Waals surface area contributed by atoms with Gasteiger partial charge in [0.05, 0.1) is 10.6 Å². The van der Waals surface area contributed by atoms with Crippen molar-refractivity contribution in [2.24, 2.45) is 0 Å². The van der Waals surface area contributed by atoms with Crippen LogP contribution in [0.5, 0.6) is 0 Å². The van der Waals surface area contributed by atoms with E-state index in [4.69, 9.17) is 0 Å². The van der Waals surface area contributed by atoms with Gasteiger partial charge in [-0.1, -0.05) is 25.1 Å². The van der Waals surface area contributed by atoms with E-state index in [1.165, 1.54) is 5.75 Å². The van der Waals surface area contributed by atoms with Gasteiger partial charge in [-0.05, 0) is 18.6 Å². The molecule has 0 fully saturated rings. The molecule has 0 amide bonds. The van der Waals surface area contributed by atoms with Gasteiger partial charge < -0.3 is 0 Å². The summed E-state index contributed by atoms with van der Waals surface area (Å²) in [5, 5.41) is 0. The van der Waals surface area contributed by atoms with Gasteiger partial charge >= 0.3 is 0 Å². The lowest BCUT2D eigenvalue weighted by Gasteiger charge is -1.99. The second kappa shape index (κ2) is 3.72. The molecule has 0 saturated carbocycles. The molecule has 0 saturated heterocycles. The third-order valence-electron chi connectivity index (χ3n) is 1.46. The SMILES string of the molecule is CC[CH]S(=O)(=O)c1ccccc1. The summed E-state index contributed by atoms with van der Waals surface area (Å²) in [6, 6.07) is 8.43. The minimum atomic E-state index is -3.14. The van der Waals surface area contributed by atoms with E-state index in [1.54, 1.807) is 37.3 Å². The van der Waals surface area contributed by atoms with Crippen LogP contribution in [-0.4, -0.2) is 8.42 Å². The lowest BCUT2D eigenvalue weighted by Crippen LogP contribution is -1.99. The third kappa shape index (κ3) is 2.08. The summed E-state index contributed by atoms with van der Waals surface area (Å²) in [4.78, 5) is 0.367. The van der Waals surface area contributed by atoms with Crippen LogP contribution >= 0.6 is 0 Å². The van der Waals surface area contributed by atoms with E-state index >= 15 is 0 Å². The summed E-state index contributed by atoms with van der Waals surface area (Å²) in [6.07, 6.45) is 0.539. The van der Waals surface area contributed by atoms with E-state index in [1.807, 2.05) is 0 Å². The maximum atomic E-state index is 11.4. The predicted molar refractivity (Wildman–Crippen MR) is 48.2 cm³/mol. The lowest BCUT2D eigenvalue weighted by atomic mass is 10.4. The molecule has 1 radical (unpaired) electrons. The Bertz CT molecular complexity index is 327. The zero-order chi connectivity index (χ0) is 9.03. The van der Waals surface area contributed by atoms with Crippen molar-refractivity contribution in [1.82, 2.24) is 0 Å². The smallest absolute Gasteiger partial charge is 0.182 e. The molecule has 1 aromatic carbocycles. The number of rotatable bonds is 3. The van der Waals surface area contributed by atoms with Gasteiger partial charge in [-0.2, -0.15) is 0 Å². The Labute approximate surface area is 73.2 Å². The summed E-state index contributed by atoms with van der Waals surface area (Å²) >= 11 is 0. The molecule has 65 valence electrons. The second-order valence-electron chi connectivity index (χ2n) is 2.43. The van der Waals surface area contributed by atoms with Crippen molar-refractivity contribution in [2.45, 2.75) is 18.2 Å². The maximum Gasteiger partial charge on any atom is 0.182 e. The fraction of sp³-hybridized carbons (Fsp3) is 0.222. The maximum absolute atomic E-state index is 11.4. The highest BCUT2D eigenvalue weighted by Gasteiger charge is 2.11. The van der Waals surface area contributed by atoms with E-state index in [-0.39, 0.29) is 0 Å². The number of sulfone groups is 1. The molecular formula is C9H11O2S. The van der Waals surface area contributed by atoms with Crippen molar-refractivity contribution in [3.8, 4) is 0 Å². The minimum absolute atomic E-state index is 0.367. The molecule has 0 aliphatic heterocycles. The van der Waals surface area contributed by atoms with Crippen LogP contribution in [-0.2, 0) is 9.84 Å². The van der Waals surface area contributed by atoms with Gasteiger partial charge in [-0.15, -0.1) is 0 Å². The first-order chi connectivity index (χ1) is 5.67. The topological polar surface area (TPSA) is 34.1 Å². The summed E-state index contributed by atoms with van der Waals surface area (Å²) in [5.41, 5.74) is 0. The van der Waals surface area contributed by atoms with Gasteiger partial charge in [-0.25, -0.2) is 8.42 Å². The Morgan fingerprint density at radius 3 is 2.33 bits per heavy atom. The molecule has 0 unspecified atom stereocenters. The van der Waals surface area contributed by atoms with Crippen LogP contribution in [0.25, 0.3) is 0 Å². The molecular weight excluding hydrogens is 172 g/mol. The van der Waals surface area contributed by atoms with Crippen LogP contribution in [0.15, 0.2) is 35.2 Å². The summed E-state index contributed by atoms with van der Waals surface area (Å²) in [6.45, 7) is 1.81. The van der Waals surface area contributed by atoms with Crippen LogP contribution in [0.4, 0.5) is 0 Å². The van der Waals surface area contributed by atoms with Crippen LogP contribution in [0.3, 0.4) is 0 Å². The van der Waals surface area contributed by atoms with Crippen molar-refractivity contribution >= 4 is 9.84 Å². The Morgan fingerprint density at radius 2 is 1.83 bits per heavy atom. The molecule has 2 nitrogen and oxygen atoms in total. The Balaban J connectivity index is 2.99. The van der Waals surface area contributed by atoms with Gasteiger partial charge in [-0.3, -0.25) is 0 Å². The third-order valence-corrected chi connectivity index (χ3v) is 3.16. The Hall–Kier alpha value is -0.830. The molecule has 1 aromatic rings. The van der Waals surface area contributed by atoms with Gasteiger partial charge in [0.25, 0.3) is 0 Å². The monoisotopic (exact) mass is 183 g/mol. The molecule has 0 N–H and O–H groups in total. The van der Waals surface area contributed by atoms with Crippen LogP contribution in [0, 0.1) is 5.75 Å². The van der Waals surface area contributed by atoms with Crippen LogP contribution in [0.1, 0.15) is 13.3 Å². The van der Waals surface area contributed by atoms with Crippen LogP contribution in [0.2, 0.25) is 0 Å². The average Bonchev–Trinajstić information content (AvgIpc) is 2.06. The van der Waals surface area contributed by atoms with Gasteiger partial charge in [0.1, 0.15) is 0 Å². The highest BCUT2D eigenvalue weighted by Crippen LogP contribution is 2.13. The first kappa shape index (κ1) is 9.26. The largest absolute Gasteiger partial charge is 0.223 e. The standard InChI is InChI=1S/C9H11O2S/c1-2-8-12(10,11)9-6-4-3-5-7-9/h3-8H,2H2,1H3. The van der Waals surface area contributed by atoms with Crippen molar-refractivity contribution in [3.63, 3.8) is 0 Å². The highest BCUT2D eigenvalue weighted by atomic mass is 32.2. The predicted octanol–water partition coefficient (Wildman–Crippen LogP) is 2.03. The normalized spacial score (nSPS) is 11.4. The van der Waals surface area contributed by atoms with E-state index in [9.17, 15) is 8.42 Å². The van der Waals surface area contributed by atoms with Crippen molar-refractivity contribution < 1.29 is 8.42 Å². The minimum Gasteiger partial charge on any atom is -0.223 e. The first-order valence-corrected chi connectivity index (χ1v) is 5.35. The quantitative estimate of drug-likeness (QED) is 0.718. The average molecular weight is 183 g/mol. The van der Waals surface area contributed by atoms with Gasteiger partial charge in [0.15, 0.2) is 9.84 Å². The highest BCUT2D eigenvalue weighted by molar-refractivity contribution is 7.93. The molecule has 0 aliphatic carbocycles. The summed E-state index contributed by atoms with van der Waals surface area (Å²) in [5.74, 6) is 1.32. The molecule has 1 rings (SSSR count). The van der Waals surface area contributed by atoms with Crippen molar-refractivity contribution in [2.75, 3.05) is 0 Å². The lowest BCUT2D eigenvalue weighted by molar-refractivity contribution is 0.600. The molecule has 0 spiro atoms. The number of hydrogen-bond acceptors (Lipinski definition) is 2. The molecule has 0 aliphatic rings. The van der Waals surface area contributed by atoms with Gasteiger partial charge in [0, 0.05) is 0 Å². The fourth-order valence-electron chi connectivity index (χ4n) is 0.926. The van der Waals surface area contributed by atoms with E-state index in [0.29, 0.717) is 11.3 Å². The Kier molecular flexibility index (Phi) is 2.87. The number of hydrogen-bond donors (Lipinski definition) is 0. The zero-order valence-corrected chi connectivity index (χ0v) is 7.71. The zero-order valence-electron chi connectivity index (χ0n) is 6.90. The van der Waals surface area contributed by atoms with Crippen LogP contribution < -0.4 is 0 Å². The molecule has 0 aromatic heterocycles. The van der Waals surface area contributed by atoms with E-state index < -0.39 is 9.84 Å². The van der Waals surface area contributed by atoms with Gasteiger partial charge in [0.2, 0.25) is 0 Å². The molecule has 12 heavy (non-hydrogen) atoms. The van der Waals surface area contributed by atoms with E-state index in [2.05, 4.69) is 0 Å². The van der Waals surface area contributed by atoms with Crippen molar-refractivity contribution in [3.05, 3.63) is 36.1 Å². The Morgan fingerprint density at radius 1 is 1.25 bits per heavy atom. The molecule has 0 atom stereocenters. The fourth-order valence-corrected chi connectivity index (χ4v) is 2.09. The first-order valence-electron chi connectivity index (χ1n) is 3.80. The second-order valence-corrected chi connectivity index (χ2v) is 4.33.